The number of ether oxygens (including phenoxy) is 2. The summed E-state index contributed by atoms with van der Waals surface area (Å²) in [5.74, 6) is 0.0927. The number of hydrogen-bond donors (Lipinski definition) is 1. The molecule has 0 unspecified atom stereocenters. The van der Waals surface area contributed by atoms with Crippen molar-refractivity contribution in [1.29, 1.82) is 0 Å². The number of allylic oxidation sites excluding steroid dienone is 1. The van der Waals surface area contributed by atoms with Gasteiger partial charge in [-0.1, -0.05) is 36.0 Å². The predicted octanol–water partition coefficient (Wildman–Crippen LogP) is 4.37. The second kappa shape index (κ2) is 11.4. The number of para-hydroxylation sites is 1. The van der Waals surface area contributed by atoms with E-state index in [1.54, 1.807) is 13.3 Å². The molecular formula is C27H30N4O4S. The number of fused-ring (bicyclic) bond motifs is 1. The first-order valence-electron chi connectivity index (χ1n) is 11.8. The van der Waals surface area contributed by atoms with E-state index in [0.29, 0.717) is 35.2 Å². The van der Waals surface area contributed by atoms with Crippen molar-refractivity contribution in [1.82, 2.24) is 15.2 Å². The molecule has 2 aliphatic rings. The minimum absolute atomic E-state index is 0.115. The Morgan fingerprint density at radius 1 is 1.17 bits per heavy atom. The van der Waals surface area contributed by atoms with Crippen LogP contribution in [0.15, 0.2) is 76.0 Å². The van der Waals surface area contributed by atoms with Gasteiger partial charge in [0.15, 0.2) is 5.17 Å². The number of amidine groups is 1. The summed E-state index contributed by atoms with van der Waals surface area (Å²) in [4.78, 5) is 37.1. The van der Waals surface area contributed by atoms with Gasteiger partial charge in [0, 0.05) is 36.1 Å². The first-order valence-corrected chi connectivity index (χ1v) is 12.7. The van der Waals surface area contributed by atoms with E-state index in [0.717, 1.165) is 17.0 Å². The van der Waals surface area contributed by atoms with Crippen LogP contribution in [0.25, 0.3) is 0 Å². The first-order chi connectivity index (χ1) is 17.4. The molecule has 36 heavy (non-hydrogen) atoms. The minimum atomic E-state index is -0.539. The van der Waals surface area contributed by atoms with Gasteiger partial charge in [0.05, 0.1) is 36.9 Å². The number of hydrogen-bond acceptors (Lipinski definition) is 8. The van der Waals surface area contributed by atoms with Crippen LogP contribution < -0.4 is 10.1 Å². The number of nitrogens with one attached hydrogen (secondary N) is 1. The van der Waals surface area contributed by atoms with Gasteiger partial charge in [-0.2, -0.15) is 0 Å². The Kier molecular flexibility index (Phi) is 8.10. The molecule has 9 heteroatoms. The molecule has 2 aromatic rings. The van der Waals surface area contributed by atoms with E-state index >= 15 is 0 Å². The summed E-state index contributed by atoms with van der Waals surface area (Å²) in [5, 5.41) is 5.60. The van der Waals surface area contributed by atoms with E-state index in [2.05, 4.69) is 10.3 Å². The molecule has 0 fully saturated rings. The molecule has 4 rings (SSSR count). The maximum Gasteiger partial charge on any atom is 0.338 e. The smallest absolute Gasteiger partial charge is 0.338 e. The monoisotopic (exact) mass is 506 g/mol. The lowest BCUT2D eigenvalue weighted by molar-refractivity contribution is -0.143. The first kappa shape index (κ1) is 25.5. The van der Waals surface area contributed by atoms with Crippen molar-refractivity contribution in [2.45, 2.75) is 45.8 Å². The standard InChI is InChI=1S/C27H30N4O4S/c1-17(2)35-26(33)24-18(3)30-27-31(25(24)21-10-5-6-11-22(21)34-4)20(16-36-27)15-23(32)29-14-12-19-9-7-8-13-28-19/h5-11,13,16-17,25H,12,14-15H2,1-4H3,(H,29,32)/t25-/m0/s1. The number of amides is 1. The van der Waals surface area contributed by atoms with Gasteiger partial charge in [0.1, 0.15) is 5.75 Å². The van der Waals surface area contributed by atoms with Gasteiger partial charge in [-0.25, -0.2) is 9.79 Å². The summed E-state index contributed by atoms with van der Waals surface area (Å²) in [7, 11) is 1.60. The number of methoxy groups -OCH3 is 1. The third-order valence-corrected chi connectivity index (χ3v) is 6.66. The normalized spacial score (nSPS) is 16.9. The minimum Gasteiger partial charge on any atom is -0.496 e. The topological polar surface area (TPSA) is 93.1 Å². The Balaban J connectivity index is 1.59. The van der Waals surface area contributed by atoms with Gasteiger partial charge in [0.25, 0.3) is 0 Å². The number of nitrogens with zero attached hydrogens (tertiary/aromatic N) is 3. The lowest BCUT2D eigenvalue weighted by atomic mass is 9.93. The van der Waals surface area contributed by atoms with Crippen molar-refractivity contribution in [3.8, 4) is 5.75 Å². The number of carbonyl (C=O) groups excluding carboxylic acids is 2. The Labute approximate surface area is 215 Å². The van der Waals surface area contributed by atoms with E-state index in [1.807, 2.05) is 73.5 Å². The zero-order chi connectivity index (χ0) is 25.7. The Morgan fingerprint density at radius 3 is 2.67 bits per heavy atom. The number of esters is 1. The van der Waals surface area contributed by atoms with Crippen LogP contribution in [-0.4, -0.2) is 46.7 Å². The van der Waals surface area contributed by atoms with Crippen molar-refractivity contribution in [2.24, 2.45) is 4.99 Å². The highest BCUT2D eigenvalue weighted by molar-refractivity contribution is 8.16. The van der Waals surface area contributed by atoms with Gasteiger partial charge in [-0.05, 0) is 44.4 Å². The highest BCUT2D eigenvalue weighted by Crippen LogP contribution is 2.46. The zero-order valence-corrected chi connectivity index (χ0v) is 21.7. The molecular weight excluding hydrogens is 476 g/mol. The van der Waals surface area contributed by atoms with Gasteiger partial charge >= 0.3 is 5.97 Å². The van der Waals surface area contributed by atoms with Crippen molar-refractivity contribution in [3.05, 3.63) is 82.3 Å². The van der Waals surface area contributed by atoms with Crippen LogP contribution in [0.2, 0.25) is 0 Å². The molecule has 1 aromatic heterocycles. The summed E-state index contributed by atoms with van der Waals surface area (Å²) in [6.45, 7) is 5.93. The van der Waals surface area contributed by atoms with Gasteiger partial charge < -0.3 is 19.7 Å². The second-order valence-corrected chi connectivity index (χ2v) is 9.52. The molecule has 0 bridgehead atoms. The van der Waals surface area contributed by atoms with Crippen molar-refractivity contribution in [3.63, 3.8) is 0 Å². The van der Waals surface area contributed by atoms with Crippen LogP contribution in [0.4, 0.5) is 0 Å². The third-order valence-electron chi connectivity index (χ3n) is 5.77. The van der Waals surface area contributed by atoms with Crippen molar-refractivity contribution >= 4 is 28.8 Å². The van der Waals surface area contributed by atoms with Crippen LogP contribution in [0, 0.1) is 0 Å². The van der Waals surface area contributed by atoms with Crippen LogP contribution in [0.5, 0.6) is 5.75 Å². The predicted molar refractivity (Wildman–Crippen MR) is 140 cm³/mol. The average Bonchev–Trinajstić information content (AvgIpc) is 3.25. The van der Waals surface area contributed by atoms with Crippen molar-refractivity contribution in [2.75, 3.05) is 13.7 Å². The summed E-state index contributed by atoms with van der Waals surface area (Å²) in [6.07, 6.45) is 2.25. The van der Waals surface area contributed by atoms with Crippen molar-refractivity contribution < 1.29 is 19.1 Å². The highest BCUT2D eigenvalue weighted by atomic mass is 32.2. The van der Waals surface area contributed by atoms with E-state index in [1.165, 1.54) is 11.8 Å². The number of carbonyl (C=O) groups is 2. The van der Waals surface area contributed by atoms with Gasteiger partial charge in [0.2, 0.25) is 5.91 Å². The molecule has 8 nitrogen and oxygen atoms in total. The van der Waals surface area contributed by atoms with E-state index in [4.69, 9.17) is 14.5 Å². The van der Waals surface area contributed by atoms with E-state index < -0.39 is 12.0 Å². The molecule has 1 atom stereocenters. The largest absolute Gasteiger partial charge is 0.496 e. The quantitative estimate of drug-likeness (QED) is 0.505. The molecule has 0 radical (unpaired) electrons. The maximum absolute atomic E-state index is 13.3. The molecule has 3 heterocycles. The molecule has 2 aliphatic heterocycles. The SMILES string of the molecule is COc1ccccc1[C@H]1C(C(=O)OC(C)C)=C(C)N=C2SC=C(CC(=O)NCCc3ccccn3)N21. The summed E-state index contributed by atoms with van der Waals surface area (Å²) < 4.78 is 11.3. The Bertz CT molecular complexity index is 1220. The Hall–Kier alpha value is -3.59. The van der Waals surface area contributed by atoms with Gasteiger partial charge in [-0.15, -0.1) is 0 Å². The molecule has 1 N–H and O–H groups in total. The van der Waals surface area contributed by atoms with Crippen LogP contribution in [-0.2, 0) is 20.7 Å². The van der Waals surface area contributed by atoms with Crippen LogP contribution >= 0.6 is 11.8 Å². The molecule has 0 saturated heterocycles. The Morgan fingerprint density at radius 2 is 1.94 bits per heavy atom. The van der Waals surface area contributed by atoms with Gasteiger partial charge in [-0.3, -0.25) is 9.78 Å². The fourth-order valence-corrected chi connectivity index (χ4v) is 5.16. The number of thioether (sulfide) groups is 1. The fourth-order valence-electron chi connectivity index (χ4n) is 4.20. The lowest BCUT2D eigenvalue weighted by Gasteiger charge is -2.37. The maximum atomic E-state index is 13.3. The lowest BCUT2D eigenvalue weighted by Crippen LogP contribution is -2.38. The summed E-state index contributed by atoms with van der Waals surface area (Å²) in [5.41, 5.74) is 3.49. The molecule has 1 amide bonds. The highest BCUT2D eigenvalue weighted by Gasteiger charge is 2.42. The summed E-state index contributed by atoms with van der Waals surface area (Å²) >= 11 is 1.44. The second-order valence-electron chi connectivity index (χ2n) is 8.69. The van der Waals surface area contributed by atoms with E-state index in [9.17, 15) is 9.59 Å². The van der Waals surface area contributed by atoms with E-state index in [-0.39, 0.29) is 18.4 Å². The van der Waals surface area contributed by atoms with Crippen LogP contribution in [0.1, 0.15) is 44.5 Å². The van der Waals surface area contributed by atoms with Crippen LogP contribution in [0.3, 0.4) is 0 Å². The number of rotatable bonds is 9. The molecule has 0 saturated carbocycles. The number of benzene rings is 1. The molecule has 188 valence electrons. The number of pyridine rings is 1. The number of aliphatic imine (C=N–C) groups is 1. The summed E-state index contributed by atoms with van der Waals surface area (Å²) in [6, 6.07) is 12.8. The number of aromatic nitrogens is 1. The molecule has 0 spiro atoms. The molecule has 0 aliphatic carbocycles. The average molecular weight is 507 g/mol. The molecule has 1 aromatic carbocycles. The fraction of sp³-hybridized carbons (Fsp3) is 0.333. The zero-order valence-electron chi connectivity index (χ0n) is 20.9. The third kappa shape index (κ3) is 5.62.